The van der Waals surface area contributed by atoms with E-state index in [0.29, 0.717) is 5.56 Å². The highest BCUT2D eigenvalue weighted by Crippen LogP contribution is 2.17. The zero-order valence-corrected chi connectivity index (χ0v) is 14.9. The molecule has 0 aliphatic rings. The lowest BCUT2D eigenvalue weighted by Gasteiger charge is -2.21. The third-order valence-electron chi connectivity index (χ3n) is 3.73. The molecule has 134 valence electrons. The summed E-state index contributed by atoms with van der Waals surface area (Å²) < 4.78 is 41.3. The zero-order chi connectivity index (χ0) is 18.6. The van der Waals surface area contributed by atoms with Crippen molar-refractivity contribution in [2.45, 2.75) is 11.4 Å². The van der Waals surface area contributed by atoms with Crippen LogP contribution in [0.2, 0.25) is 0 Å². The van der Waals surface area contributed by atoms with E-state index in [0.717, 1.165) is 0 Å². The fourth-order valence-corrected chi connectivity index (χ4v) is 3.18. The molecule has 2 rings (SSSR count). The standard InChI is InChI=1S/C17H20FN3O3S/c1-4-9-21(11-13-7-5-6-8-15(13)18)17(22)16-10-14(12-20(16)3)25(23,24)19-2/h4-8,10,12,19H,1,9,11H2,2-3H3. The molecule has 8 heteroatoms. The van der Waals surface area contributed by atoms with Gasteiger partial charge in [-0.05, 0) is 19.2 Å². The van der Waals surface area contributed by atoms with Gasteiger partial charge in [-0.2, -0.15) is 0 Å². The van der Waals surface area contributed by atoms with Crippen molar-refractivity contribution in [2.24, 2.45) is 7.05 Å². The molecule has 1 aromatic carbocycles. The van der Waals surface area contributed by atoms with Crippen molar-refractivity contribution in [3.05, 3.63) is 66.3 Å². The lowest BCUT2D eigenvalue weighted by atomic mass is 10.2. The number of hydrogen-bond donors (Lipinski definition) is 1. The Kier molecular flexibility index (Phi) is 5.76. The van der Waals surface area contributed by atoms with Gasteiger partial charge in [-0.15, -0.1) is 6.58 Å². The summed E-state index contributed by atoms with van der Waals surface area (Å²) in [5, 5.41) is 0. The second-order valence-corrected chi connectivity index (χ2v) is 7.33. The zero-order valence-electron chi connectivity index (χ0n) is 14.1. The van der Waals surface area contributed by atoms with Crippen LogP contribution in [-0.4, -0.2) is 37.4 Å². The molecular formula is C17H20FN3O3S. The number of nitrogens with zero attached hydrogens (tertiary/aromatic N) is 2. The first-order valence-electron chi connectivity index (χ1n) is 7.53. The van der Waals surface area contributed by atoms with E-state index in [4.69, 9.17) is 0 Å². The Morgan fingerprint density at radius 2 is 2.08 bits per heavy atom. The van der Waals surface area contributed by atoms with Crippen LogP contribution in [0.1, 0.15) is 16.1 Å². The van der Waals surface area contributed by atoms with Gasteiger partial charge >= 0.3 is 0 Å². The van der Waals surface area contributed by atoms with E-state index >= 15 is 0 Å². The number of hydrogen-bond acceptors (Lipinski definition) is 3. The smallest absolute Gasteiger partial charge is 0.271 e. The Hall–Kier alpha value is -2.45. The SMILES string of the molecule is C=CCN(Cc1ccccc1F)C(=O)c1cc(S(=O)(=O)NC)cn1C. The number of amides is 1. The topological polar surface area (TPSA) is 71.4 Å². The molecule has 0 bridgehead atoms. The first-order valence-corrected chi connectivity index (χ1v) is 9.02. The molecule has 0 aliphatic heterocycles. The van der Waals surface area contributed by atoms with E-state index in [2.05, 4.69) is 11.3 Å². The van der Waals surface area contributed by atoms with Crippen LogP contribution in [0.5, 0.6) is 0 Å². The van der Waals surface area contributed by atoms with E-state index in [9.17, 15) is 17.6 Å². The molecule has 25 heavy (non-hydrogen) atoms. The molecule has 0 aliphatic carbocycles. The summed E-state index contributed by atoms with van der Waals surface area (Å²) in [6.07, 6.45) is 2.89. The Morgan fingerprint density at radius 1 is 1.40 bits per heavy atom. The molecule has 0 spiro atoms. The van der Waals surface area contributed by atoms with Crippen LogP contribution >= 0.6 is 0 Å². The number of nitrogens with one attached hydrogen (secondary N) is 1. The fraction of sp³-hybridized carbons (Fsp3) is 0.235. The minimum Gasteiger partial charge on any atom is -0.345 e. The highest BCUT2D eigenvalue weighted by molar-refractivity contribution is 7.89. The predicted molar refractivity (Wildman–Crippen MR) is 93.0 cm³/mol. The highest BCUT2D eigenvalue weighted by Gasteiger charge is 2.23. The molecule has 0 radical (unpaired) electrons. The summed E-state index contributed by atoms with van der Waals surface area (Å²) in [6.45, 7) is 3.87. The molecule has 0 saturated heterocycles. The third kappa shape index (κ3) is 4.15. The third-order valence-corrected chi connectivity index (χ3v) is 5.12. The molecule has 2 aromatic rings. The summed E-state index contributed by atoms with van der Waals surface area (Å²) in [5.41, 5.74) is 0.557. The molecule has 1 amide bonds. The second-order valence-electron chi connectivity index (χ2n) is 5.45. The van der Waals surface area contributed by atoms with E-state index in [1.54, 1.807) is 25.2 Å². The maximum absolute atomic E-state index is 13.9. The predicted octanol–water partition coefficient (Wildman–Crippen LogP) is 1.90. The average Bonchev–Trinajstić information content (AvgIpc) is 2.98. The molecule has 0 atom stereocenters. The van der Waals surface area contributed by atoms with E-state index < -0.39 is 21.7 Å². The van der Waals surface area contributed by atoms with Crippen LogP contribution in [0, 0.1) is 5.82 Å². The van der Waals surface area contributed by atoms with Crippen LogP contribution in [-0.2, 0) is 23.6 Å². The molecular weight excluding hydrogens is 345 g/mol. The summed E-state index contributed by atoms with van der Waals surface area (Å²) >= 11 is 0. The lowest BCUT2D eigenvalue weighted by Crippen LogP contribution is -2.32. The summed E-state index contributed by atoms with van der Waals surface area (Å²) in [5.74, 6) is -0.821. The van der Waals surface area contributed by atoms with Crippen LogP contribution in [0.4, 0.5) is 4.39 Å². The summed E-state index contributed by atoms with van der Waals surface area (Å²) in [6, 6.07) is 7.48. The Bertz CT molecular complexity index is 890. The van der Waals surface area contributed by atoms with Crippen LogP contribution < -0.4 is 4.72 Å². The summed E-state index contributed by atoms with van der Waals surface area (Å²) in [4.78, 5) is 14.2. The summed E-state index contributed by atoms with van der Waals surface area (Å²) in [7, 11) is -0.781. The number of aryl methyl sites for hydroxylation is 1. The first kappa shape index (κ1) is 18.9. The van der Waals surface area contributed by atoms with Gasteiger partial charge in [-0.1, -0.05) is 24.3 Å². The van der Waals surface area contributed by atoms with Crippen molar-refractivity contribution < 1.29 is 17.6 Å². The maximum Gasteiger partial charge on any atom is 0.271 e. The molecule has 6 nitrogen and oxygen atoms in total. The molecule has 1 aromatic heterocycles. The maximum atomic E-state index is 13.9. The van der Waals surface area contributed by atoms with Crippen molar-refractivity contribution >= 4 is 15.9 Å². The van der Waals surface area contributed by atoms with Gasteiger partial charge < -0.3 is 9.47 Å². The molecule has 0 fully saturated rings. The van der Waals surface area contributed by atoms with Gasteiger partial charge in [0.15, 0.2) is 0 Å². The number of benzene rings is 1. The Labute approximate surface area is 146 Å². The van der Waals surface area contributed by atoms with Crippen molar-refractivity contribution in [2.75, 3.05) is 13.6 Å². The number of aromatic nitrogens is 1. The second kappa shape index (κ2) is 7.62. The van der Waals surface area contributed by atoms with E-state index in [-0.39, 0.29) is 23.7 Å². The molecule has 1 heterocycles. The average molecular weight is 365 g/mol. The van der Waals surface area contributed by atoms with Crippen molar-refractivity contribution in [1.29, 1.82) is 0 Å². The van der Waals surface area contributed by atoms with Crippen LogP contribution in [0.25, 0.3) is 0 Å². The highest BCUT2D eigenvalue weighted by atomic mass is 32.2. The molecule has 1 N–H and O–H groups in total. The van der Waals surface area contributed by atoms with Gasteiger partial charge in [0.1, 0.15) is 16.4 Å². The van der Waals surface area contributed by atoms with Crippen molar-refractivity contribution in [3.8, 4) is 0 Å². The Morgan fingerprint density at radius 3 is 2.68 bits per heavy atom. The van der Waals surface area contributed by atoms with Gasteiger partial charge in [-0.3, -0.25) is 4.79 Å². The number of rotatable bonds is 7. The normalized spacial score (nSPS) is 11.3. The number of carbonyl (C=O) groups excluding carboxylic acids is 1. The van der Waals surface area contributed by atoms with Crippen LogP contribution in [0.3, 0.4) is 0 Å². The van der Waals surface area contributed by atoms with Crippen molar-refractivity contribution in [1.82, 2.24) is 14.2 Å². The number of carbonyl (C=O) groups is 1. The monoisotopic (exact) mass is 365 g/mol. The van der Waals surface area contributed by atoms with Crippen LogP contribution in [0.15, 0.2) is 54.1 Å². The van der Waals surface area contributed by atoms with Gasteiger partial charge in [0.2, 0.25) is 10.0 Å². The largest absolute Gasteiger partial charge is 0.345 e. The van der Waals surface area contributed by atoms with Gasteiger partial charge in [0.25, 0.3) is 5.91 Å². The fourth-order valence-electron chi connectivity index (χ4n) is 2.38. The minimum absolute atomic E-state index is 0.00899. The molecule has 0 unspecified atom stereocenters. The minimum atomic E-state index is -3.66. The number of halogens is 1. The Balaban J connectivity index is 2.35. The van der Waals surface area contributed by atoms with E-state index in [1.807, 2.05) is 0 Å². The number of sulfonamides is 1. The van der Waals surface area contributed by atoms with Gasteiger partial charge in [0, 0.05) is 31.9 Å². The lowest BCUT2D eigenvalue weighted by molar-refractivity contribution is 0.0751. The van der Waals surface area contributed by atoms with Gasteiger partial charge in [-0.25, -0.2) is 17.5 Å². The molecule has 0 saturated carbocycles. The van der Waals surface area contributed by atoms with E-state index in [1.165, 1.54) is 40.9 Å². The van der Waals surface area contributed by atoms with Crippen molar-refractivity contribution in [3.63, 3.8) is 0 Å². The first-order chi connectivity index (χ1) is 11.8. The quantitative estimate of drug-likeness (QED) is 0.762. The van der Waals surface area contributed by atoms with Gasteiger partial charge in [0.05, 0.1) is 0 Å².